The summed E-state index contributed by atoms with van der Waals surface area (Å²) in [6.07, 6.45) is 26.6. The summed E-state index contributed by atoms with van der Waals surface area (Å²) in [6, 6.07) is 0. The van der Waals surface area contributed by atoms with E-state index in [1.807, 2.05) is 0 Å². The third-order valence-electron chi connectivity index (χ3n) is 3.27. The third-order valence-corrected chi connectivity index (χ3v) is 3.27. The highest BCUT2D eigenvalue weighted by atomic mass is 16.5. The zero-order valence-corrected chi connectivity index (χ0v) is 15.0. The molecule has 0 spiro atoms. The minimum Gasteiger partial charge on any atom is -0.458 e. The van der Waals surface area contributed by atoms with Crippen LogP contribution in [0.5, 0.6) is 0 Å². The SMILES string of the molecule is CCCC/C=C\C/C=C\C/C=C\C/C=C\CCCC(=O)OCC=O. The van der Waals surface area contributed by atoms with E-state index in [-0.39, 0.29) is 12.6 Å². The molecule has 0 fully saturated rings. The van der Waals surface area contributed by atoms with Crippen LogP contribution in [0.2, 0.25) is 0 Å². The summed E-state index contributed by atoms with van der Waals surface area (Å²) in [7, 11) is 0. The molecule has 3 heteroatoms. The number of hydrogen-bond donors (Lipinski definition) is 0. The molecule has 0 aliphatic rings. The molecule has 0 N–H and O–H groups in total. The van der Waals surface area contributed by atoms with Crippen LogP contribution in [0.3, 0.4) is 0 Å². The van der Waals surface area contributed by atoms with E-state index in [0.29, 0.717) is 12.7 Å². The molecule has 134 valence electrons. The van der Waals surface area contributed by atoms with E-state index in [1.165, 1.54) is 19.3 Å². The van der Waals surface area contributed by atoms with Crippen LogP contribution < -0.4 is 0 Å². The zero-order valence-electron chi connectivity index (χ0n) is 15.0. The van der Waals surface area contributed by atoms with Crippen LogP contribution in [0.1, 0.15) is 64.7 Å². The Morgan fingerprint density at radius 1 is 0.792 bits per heavy atom. The zero-order chi connectivity index (χ0) is 17.7. The van der Waals surface area contributed by atoms with E-state index in [0.717, 1.165) is 32.1 Å². The molecule has 0 saturated heterocycles. The number of aldehydes is 1. The Labute approximate surface area is 147 Å². The molecule has 0 saturated carbocycles. The fraction of sp³-hybridized carbons (Fsp3) is 0.524. The average molecular weight is 332 g/mol. The van der Waals surface area contributed by atoms with E-state index in [1.54, 1.807) is 0 Å². The second-order valence-electron chi connectivity index (χ2n) is 5.48. The smallest absolute Gasteiger partial charge is 0.306 e. The second-order valence-corrected chi connectivity index (χ2v) is 5.48. The Bertz CT molecular complexity index is 417. The van der Waals surface area contributed by atoms with Gasteiger partial charge in [0.1, 0.15) is 6.61 Å². The molecule has 0 aromatic carbocycles. The summed E-state index contributed by atoms with van der Waals surface area (Å²) in [5, 5.41) is 0. The first-order valence-corrected chi connectivity index (χ1v) is 9.00. The highest BCUT2D eigenvalue weighted by Crippen LogP contribution is 2.01. The van der Waals surface area contributed by atoms with E-state index in [2.05, 4.69) is 60.3 Å². The van der Waals surface area contributed by atoms with Crippen molar-refractivity contribution < 1.29 is 14.3 Å². The van der Waals surface area contributed by atoms with E-state index >= 15 is 0 Å². The molecule has 0 amide bonds. The predicted molar refractivity (Wildman–Crippen MR) is 101 cm³/mol. The van der Waals surface area contributed by atoms with Crippen LogP contribution in [0.25, 0.3) is 0 Å². The average Bonchev–Trinajstić information content (AvgIpc) is 2.59. The molecule has 0 aromatic rings. The number of unbranched alkanes of at least 4 members (excludes halogenated alkanes) is 3. The second kappa shape index (κ2) is 19.1. The molecule has 0 aliphatic heterocycles. The van der Waals surface area contributed by atoms with E-state index in [9.17, 15) is 9.59 Å². The van der Waals surface area contributed by atoms with Crippen molar-refractivity contribution in [1.82, 2.24) is 0 Å². The summed E-state index contributed by atoms with van der Waals surface area (Å²) in [4.78, 5) is 21.2. The van der Waals surface area contributed by atoms with Gasteiger partial charge in [0.05, 0.1) is 0 Å². The molecule has 0 heterocycles. The van der Waals surface area contributed by atoms with Gasteiger partial charge in [-0.3, -0.25) is 9.59 Å². The molecule has 0 aliphatic carbocycles. The highest BCUT2D eigenvalue weighted by Gasteiger charge is 1.99. The van der Waals surface area contributed by atoms with Gasteiger partial charge in [0.15, 0.2) is 6.29 Å². The van der Waals surface area contributed by atoms with Crippen molar-refractivity contribution in [1.29, 1.82) is 0 Å². The number of carbonyl (C=O) groups excluding carboxylic acids is 2. The first-order valence-electron chi connectivity index (χ1n) is 9.00. The van der Waals surface area contributed by atoms with Gasteiger partial charge in [0.25, 0.3) is 0 Å². The molecule has 0 radical (unpaired) electrons. The van der Waals surface area contributed by atoms with Crippen LogP contribution >= 0.6 is 0 Å². The summed E-state index contributed by atoms with van der Waals surface area (Å²) >= 11 is 0. The molecule has 24 heavy (non-hydrogen) atoms. The van der Waals surface area contributed by atoms with Crippen LogP contribution in [-0.4, -0.2) is 18.9 Å². The molecule has 3 nitrogen and oxygen atoms in total. The predicted octanol–water partition coefficient (Wildman–Crippen LogP) is 5.48. The Kier molecular flexibility index (Phi) is 17.6. The standard InChI is InChI=1S/C21H32O3/c1-2-3-4-5-6-7-8-9-10-11-12-13-14-15-16-17-18-21(23)24-20-19-22/h5-6,8-9,11-12,14-15,19H,2-4,7,10,13,16-18,20H2,1H3/b6-5-,9-8-,12-11-,15-14-. The number of ether oxygens (including phenoxy) is 1. The van der Waals surface area contributed by atoms with Crippen molar-refractivity contribution in [2.45, 2.75) is 64.7 Å². The minimum atomic E-state index is -0.303. The number of esters is 1. The maximum absolute atomic E-state index is 11.1. The third kappa shape index (κ3) is 18.1. The number of carbonyl (C=O) groups is 2. The maximum atomic E-state index is 11.1. The molecule has 0 bridgehead atoms. The lowest BCUT2D eigenvalue weighted by molar-refractivity contribution is -0.145. The highest BCUT2D eigenvalue weighted by molar-refractivity contribution is 5.71. The number of rotatable bonds is 15. The van der Waals surface area contributed by atoms with E-state index < -0.39 is 0 Å². The topological polar surface area (TPSA) is 43.4 Å². The minimum absolute atomic E-state index is 0.136. The van der Waals surface area contributed by atoms with Crippen LogP contribution in [0, 0.1) is 0 Å². The molecule has 0 atom stereocenters. The fourth-order valence-corrected chi connectivity index (χ4v) is 1.93. The first-order chi connectivity index (χ1) is 11.8. The van der Waals surface area contributed by atoms with Gasteiger partial charge >= 0.3 is 5.97 Å². The van der Waals surface area contributed by atoms with Crippen molar-refractivity contribution >= 4 is 12.3 Å². The van der Waals surface area contributed by atoms with Crippen molar-refractivity contribution in [2.24, 2.45) is 0 Å². The van der Waals surface area contributed by atoms with Gasteiger partial charge in [-0.15, -0.1) is 0 Å². The Morgan fingerprint density at radius 2 is 1.29 bits per heavy atom. The van der Waals surface area contributed by atoms with Crippen molar-refractivity contribution in [3.8, 4) is 0 Å². The van der Waals surface area contributed by atoms with Crippen molar-refractivity contribution in [2.75, 3.05) is 6.61 Å². The molecular weight excluding hydrogens is 300 g/mol. The summed E-state index contributed by atoms with van der Waals surface area (Å²) in [6.45, 7) is 2.08. The van der Waals surface area contributed by atoms with Gasteiger partial charge in [0, 0.05) is 6.42 Å². The monoisotopic (exact) mass is 332 g/mol. The first kappa shape index (κ1) is 22.1. The van der Waals surface area contributed by atoms with Crippen LogP contribution in [0.4, 0.5) is 0 Å². The van der Waals surface area contributed by atoms with Crippen molar-refractivity contribution in [3.05, 3.63) is 48.6 Å². The van der Waals surface area contributed by atoms with Gasteiger partial charge in [0.2, 0.25) is 0 Å². The van der Waals surface area contributed by atoms with Gasteiger partial charge < -0.3 is 4.74 Å². The van der Waals surface area contributed by atoms with Gasteiger partial charge in [-0.2, -0.15) is 0 Å². The maximum Gasteiger partial charge on any atom is 0.306 e. The Morgan fingerprint density at radius 3 is 1.79 bits per heavy atom. The molecular formula is C21H32O3. The molecule has 0 aromatic heterocycles. The summed E-state index contributed by atoms with van der Waals surface area (Å²) < 4.78 is 4.66. The lowest BCUT2D eigenvalue weighted by Gasteiger charge is -1.98. The van der Waals surface area contributed by atoms with Crippen LogP contribution in [0.15, 0.2) is 48.6 Å². The van der Waals surface area contributed by atoms with Gasteiger partial charge in [-0.1, -0.05) is 68.4 Å². The van der Waals surface area contributed by atoms with Crippen LogP contribution in [-0.2, 0) is 14.3 Å². The van der Waals surface area contributed by atoms with Crippen molar-refractivity contribution in [3.63, 3.8) is 0 Å². The lowest BCUT2D eigenvalue weighted by atomic mass is 10.2. The number of hydrogen-bond acceptors (Lipinski definition) is 3. The van der Waals surface area contributed by atoms with E-state index in [4.69, 9.17) is 0 Å². The lowest BCUT2D eigenvalue weighted by Crippen LogP contribution is -2.05. The Balaban J connectivity index is 3.46. The largest absolute Gasteiger partial charge is 0.458 e. The normalized spacial score (nSPS) is 12.0. The number of allylic oxidation sites excluding steroid dienone is 8. The summed E-state index contributed by atoms with van der Waals surface area (Å²) in [5.41, 5.74) is 0. The summed E-state index contributed by atoms with van der Waals surface area (Å²) in [5.74, 6) is -0.303. The van der Waals surface area contributed by atoms with Gasteiger partial charge in [-0.05, 0) is 38.5 Å². The fourth-order valence-electron chi connectivity index (χ4n) is 1.93. The quantitative estimate of drug-likeness (QED) is 0.172. The molecule has 0 unspecified atom stereocenters. The molecule has 0 rings (SSSR count). The Hall–Kier alpha value is -1.90. The van der Waals surface area contributed by atoms with Gasteiger partial charge in [-0.25, -0.2) is 0 Å².